The van der Waals surface area contributed by atoms with Crippen LogP contribution < -0.4 is 15.0 Å². The van der Waals surface area contributed by atoms with Gasteiger partial charge in [0.05, 0.1) is 5.56 Å². The Bertz CT molecular complexity index is 1600. The smallest absolute Gasteiger partial charge is 0.340 e. The van der Waals surface area contributed by atoms with Gasteiger partial charge >= 0.3 is 5.97 Å². The number of hydrogen-bond donors (Lipinski definition) is 1. The van der Waals surface area contributed by atoms with Crippen LogP contribution in [0.5, 0.6) is 11.5 Å². The van der Waals surface area contributed by atoms with E-state index in [1.807, 2.05) is 49.4 Å². The highest BCUT2D eigenvalue weighted by Gasteiger charge is 2.53. The van der Waals surface area contributed by atoms with Crippen LogP contribution >= 0.6 is 0 Å². The van der Waals surface area contributed by atoms with E-state index in [-0.39, 0.29) is 11.8 Å². The molecule has 0 saturated heterocycles. The van der Waals surface area contributed by atoms with E-state index in [2.05, 4.69) is 36.2 Å². The Hall–Kier alpha value is -4.32. The summed E-state index contributed by atoms with van der Waals surface area (Å²) in [4.78, 5) is 15.7. The SMILES string of the molecule is CCCCCCN(CC)c1ccc2c(c1)Oc1cc(C)c(Nc3ccc(F)cc3)cc1C21OC(=O)c2ccccc21. The monoisotopic (exact) mass is 550 g/mol. The molecule has 4 aromatic rings. The molecule has 4 aromatic carbocycles. The van der Waals surface area contributed by atoms with Gasteiger partial charge in [-0.2, -0.15) is 0 Å². The van der Waals surface area contributed by atoms with Gasteiger partial charge < -0.3 is 19.7 Å². The molecule has 2 aliphatic heterocycles. The largest absolute Gasteiger partial charge is 0.456 e. The Labute approximate surface area is 240 Å². The van der Waals surface area contributed by atoms with Crippen LogP contribution in [0.15, 0.2) is 78.9 Å². The molecule has 0 aromatic heterocycles. The number of rotatable bonds is 9. The van der Waals surface area contributed by atoms with Crippen molar-refractivity contribution in [1.82, 2.24) is 0 Å². The summed E-state index contributed by atoms with van der Waals surface area (Å²) in [6.07, 6.45) is 4.80. The first kappa shape index (κ1) is 26.9. The number of nitrogens with zero attached hydrogens (tertiary/aromatic N) is 1. The molecule has 1 atom stereocenters. The number of nitrogens with one attached hydrogen (secondary N) is 1. The molecule has 41 heavy (non-hydrogen) atoms. The summed E-state index contributed by atoms with van der Waals surface area (Å²) in [6, 6.07) is 24.0. The highest BCUT2D eigenvalue weighted by atomic mass is 19.1. The summed E-state index contributed by atoms with van der Waals surface area (Å²) in [5, 5.41) is 3.41. The summed E-state index contributed by atoms with van der Waals surface area (Å²) in [7, 11) is 0. The van der Waals surface area contributed by atoms with Gasteiger partial charge in [-0.3, -0.25) is 0 Å². The summed E-state index contributed by atoms with van der Waals surface area (Å²) in [5.74, 6) is 0.679. The van der Waals surface area contributed by atoms with Gasteiger partial charge in [0.2, 0.25) is 0 Å². The van der Waals surface area contributed by atoms with Crippen molar-refractivity contribution >= 4 is 23.0 Å². The second-order valence-corrected chi connectivity index (χ2v) is 10.8. The molecule has 210 valence electrons. The van der Waals surface area contributed by atoms with Gasteiger partial charge in [0, 0.05) is 52.9 Å². The number of esters is 1. The van der Waals surface area contributed by atoms with Gasteiger partial charge in [0.15, 0.2) is 5.60 Å². The van der Waals surface area contributed by atoms with Crippen molar-refractivity contribution in [1.29, 1.82) is 0 Å². The molecule has 0 bridgehead atoms. The maximum Gasteiger partial charge on any atom is 0.340 e. The van der Waals surface area contributed by atoms with Gasteiger partial charge in [-0.1, -0.05) is 44.4 Å². The lowest BCUT2D eigenvalue weighted by Crippen LogP contribution is -2.33. The first-order valence-electron chi connectivity index (χ1n) is 14.5. The van der Waals surface area contributed by atoms with Crippen molar-refractivity contribution in [3.8, 4) is 11.5 Å². The highest BCUT2D eigenvalue weighted by Crippen LogP contribution is 2.57. The Kier molecular flexibility index (Phi) is 7.16. The van der Waals surface area contributed by atoms with Gasteiger partial charge in [-0.25, -0.2) is 9.18 Å². The normalized spacial score (nSPS) is 16.4. The molecule has 1 unspecified atom stereocenters. The molecular formula is C35H35FN2O3. The molecule has 0 amide bonds. The van der Waals surface area contributed by atoms with E-state index in [0.717, 1.165) is 58.8 Å². The molecule has 0 aliphatic carbocycles. The van der Waals surface area contributed by atoms with Crippen molar-refractivity contribution in [2.24, 2.45) is 0 Å². The molecule has 0 saturated carbocycles. The molecule has 6 heteroatoms. The predicted molar refractivity (Wildman–Crippen MR) is 161 cm³/mol. The standard InChI is InChI=1S/C35H35FN2O3/c1-4-6-7-10-19-38(5-2)26-17-18-29-33(21-26)40-32-20-23(3)31(37-25-15-13-24(36)14-16-25)22-30(32)35(29)28-12-9-8-11-27(28)34(39)41-35/h8-9,11-18,20-22,37H,4-7,10,19H2,1-3H3. The molecule has 1 N–H and O–H groups in total. The average molecular weight is 551 g/mol. The van der Waals surface area contributed by atoms with E-state index < -0.39 is 5.60 Å². The van der Waals surface area contributed by atoms with Crippen LogP contribution in [0.4, 0.5) is 21.5 Å². The number of carbonyl (C=O) groups is 1. The number of aryl methyl sites for hydroxylation is 1. The first-order valence-corrected chi connectivity index (χ1v) is 14.5. The summed E-state index contributed by atoms with van der Waals surface area (Å²) in [6.45, 7) is 8.26. The number of benzene rings is 4. The van der Waals surface area contributed by atoms with Crippen LogP contribution in [0.3, 0.4) is 0 Å². The third-order valence-electron chi connectivity index (χ3n) is 8.19. The average Bonchev–Trinajstić information content (AvgIpc) is 3.27. The van der Waals surface area contributed by atoms with Gasteiger partial charge in [0.25, 0.3) is 0 Å². The predicted octanol–water partition coefficient (Wildman–Crippen LogP) is 8.85. The Morgan fingerprint density at radius 3 is 2.41 bits per heavy atom. The first-order chi connectivity index (χ1) is 19.9. The maximum absolute atomic E-state index is 13.5. The molecular weight excluding hydrogens is 515 g/mol. The van der Waals surface area contributed by atoms with Crippen molar-refractivity contribution in [2.75, 3.05) is 23.3 Å². The third kappa shape index (κ3) is 4.71. The minimum atomic E-state index is -1.15. The minimum absolute atomic E-state index is 0.293. The van der Waals surface area contributed by atoms with Crippen LogP contribution in [-0.4, -0.2) is 19.1 Å². The lowest BCUT2D eigenvalue weighted by molar-refractivity contribution is 0.0224. The highest BCUT2D eigenvalue weighted by molar-refractivity contribution is 5.97. The lowest BCUT2D eigenvalue weighted by atomic mass is 9.77. The van der Waals surface area contributed by atoms with E-state index >= 15 is 0 Å². The van der Waals surface area contributed by atoms with E-state index in [4.69, 9.17) is 9.47 Å². The number of anilines is 3. The lowest BCUT2D eigenvalue weighted by Gasteiger charge is -2.38. The molecule has 0 fully saturated rings. The van der Waals surface area contributed by atoms with Crippen molar-refractivity contribution in [3.63, 3.8) is 0 Å². The molecule has 5 nitrogen and oxygen atoms in total. The number of ether oxygens (including phenoxy) is 2. The summed E-state index contributed by atoms with van der Waals surface area (Å²) >= 11 is 0. The molecule has 2 heterocycles. The van der Waals surface area contributed by atoms with E-state index in [0.29, 0.717) is 17.1 Å². The molecule has 2 aliphatic rings. The molecule has 1 spiro atoms. The van der Waals surface area contributed by atoms with Crippen molar-refractivity contribution < 1.29 is 18.7 Å². The fraction of sp³-hybridized carbons (Fsp3) is 0.286. The third-order valence-corrected chi connectivity index (χ3v) is 8.19. The number of carbonyl (C=O) groups excluding carboxylic acids is 1. The van der Waals surface area contributed by atoms with Crippen LogP contribution in [0.1, 0.15) is 72.1 Å². The zero-order valence-electron chi connectivity index (χ0n) is 23.8. The Morgan fingerprint density at radius 2 is 1.63 bits per heavy atom. The van der Waals surface area contributed by atoms with Crippen LogP contribution in [0.25, 0.3) is 0 Å². The van der Waals surface area contributed by atoms with Gasteiger partial charge in [-0.05, 0) is 80.4 Å². The van der Waals surface area contributed by atoms with Crippen molar-refractivity contribution in [2.45, 2.75) is 52.1 Å². The van der Waals surface area contributed by atoms with E-state index in [1.54, 1.807) is 12.1 Å². The molecule has 6 rings (SSSR count). The zero-order chi connectivity index (χ0) is 28.6. The maximum atomic E-state index is 13.5. The second kappa shape index (κ2) is 10.9. The second-order valence-electron chi connectivity index (χ2n) is 10.8. The van der Waals surface area contributed by atoms with Gasteiger partial charge in [0.1, 0.15) is 17.3 Å². The summed E-state index contributed by atoms with van der Waals surface area (Å²) < 4.78 is 26.5. The topological polar surface area (TPSA) is 50.8 Å². The van der Waals surface area contributed by atoms with E-state index in [9.17, 15) is 9.18 Å². The number of fused-ring (bicyclic) bond motifs is 6. The van der Waals surface area contributed by atoms with Crippen LogP contribution in [0, 0.1) is 12.7 Å². The van der Waals surface area contributed by atoms with E-state index in [1.165, 1.54) is 31.4 Å². The number of halogens is 1. The van der Waals surface area contributed by atoms with Gasteiger partial charge in [-0.15, -0.1) is 0 Å². The van der Waals surface area contributed by atoms with Crippen LogP contribution in [0.2, 0.25) is 0 Å². The minimum Gasteiger partial charge on any atom is -0.456 e. The zero-order valence-corrected chi connectivity index (χ0v) is 23.8. The fourth-order valence-electron chi connectivity index (χ4n) is 6.03. The fourth-order valence-corrected chi connectivity index (χ4v) is 6.03. The number of hydrogen-bond acceptors (Lipinski definition) is 5. The Morgan fingerprint density at radius 1 is 0.854 bits per heavy atom. The summed E-state index contributed by atoms with van der Waals surface area (Å²) in [5.41, 5.74) is 5.36. The molecule has 0 radical (unpaired) electrons. The number of unbranched alkanes of at least 4 members (excludes halogenated alkanes) is 3. The van der Waals surface area contributed by atoms with Crippen LogP contribution in [-0.2, 0) is 10.3 Å². The Balaban J connectivity index is 1.47. The quantitative estimate of drug-likeness (QED) is 0.167. The van der Waals surface area contributed by atoms with Crippen molar-refractivity contribution in [3.05, 3.63) is 112 Å².